The normalized spacial score (nSPS) is 22.3. The van der Waals surface area contributed by atoms with Gasteiger partial charge in [-0.1, -0.05) is 125 Å². The number of benzene rings is 5. The number of furan rings is 1. The Morgan fingerprint density at radius 3 is 0.283 bits per heavy atom. The minimum atomic E-state index is 0.909. The van der Waals surface area contributed by atoms with E-state index in [1.54, 1.807) is 0 Å². The fourth-order valence-corrected chi connectivity index (χ4v) is 23.7. The van der Waals surface area contributed by atoms with Crippen LogP contribution in [0.2, 0.25) is 0 Å². The molecule has 0 bridgehead atoms. The highest BCUT2D eigenvalue weighted by atomic mass is 32.1. The molecule has 0 radical (unpaired) electrons. The summed E-state index contributed by atoms with van der Waals surface area (Å²) in [7, 11) is 6.35. The van der Waals surface area contributed by atoms with Gasteiger partial charge in [0.15, 0.2) is 0 Å². The van der Waals surface area contributed by atoms with Crippen LogP contribution in [0.4, 0.5) is 0 Å². The average Bonchev–Trinajstić information content (AvgIpc) is 1.10. The summed E-state index contributed by atoms with van der Waals surface area (Å²) in [6.07, 6.45) is 0. The standard InChI is InChI=1S/C18H24.3C12H24.3C12H18.3C9H15N.C8H12O.C8H12S/c1-9-10(2)14(6)18-16(8)12(4)11(3)15(7)17(18)13(9)5;6*1-7-8(2)10(4)12(6)11(5)9(7)3;3*1-6-7(2)9(4)10(5)8(6)3;2*1-5-6(2)8(4)9-7(5)3/h1-8H3;3*7-12H,1-6H3;3*1-6H3;3*1-5H3;2*1-4H3. The van der Waals surface area contributed by atoms with E-state index in [4.69, 9.17) is 4.42 Å². The molecule has 3 aliphatic rings. The van der Waals surface area contributed by atoms with E-state index in [9.17, 15) is 0 Å². The largest absolute Gasteiger partial charge is 0.466 e. The lowest BCUT2D eigenvalue weighted by molar-refractivity contribution is 0.0302. The quantitative estimate of drug-likeness (QED) is 0.149. The molecule has 138 heavy (non-hydrogen) atoms. The molecule has 13 rings (SSSR count). The molecular weight excluding hydrogens is 1690 g/mol. The number of thiophene rings is 1. The van der Waals surface area contributed by atoms with Crippen molar-refractivity contribution in [2.75, 3.05) is 0 Å². The molecule has 3 aliphatic carbocycles. The molecule has 10 aromatic rings. The number of fused-ring (bicyclic) bond motifs is 1. The molecule has 3 fully saturated rings. The van der Waals surface area contributed by atoms with Gasteiger partial charge in [0.25, 0.3) is 0 Å². The van der Waals surface area contributed by atoms with E-state index in [-0.39, 0.29) is 0 Å². The third-order valence-electron chi connectivity index (χ3n) is 42.0. The number of aryl methyl sites for hydroxylation is 8. The maximum absolute atomic E-state index is 5.34. The Bertz CT molecular complexity index is 4420. The Hall–Kier alpha value is -6.82. The highest BCUT2D eigenvalue weighted by Crippen LogP contribution is 2.48. The van der Waals surface area contributed by atoms with Crippen molar-refractivity contribution in [1.29, 1.82) is 0 Å². The van der Waals surface area contributed by atoms with Crippen LogP contribution in [0, 0.1) is 425 Å². The van der Waals surface area contributed by atoms with Crippen molar-refractivity contribution in [3.63, 3.8) is 0 Å². The first kappa shape index (κ1) is 127. The first-order valence-corrected chi connectivity index (χ1v) is 54.7. The molecule has 5 heterocycles. The first-order valence-electron chi connectivity index (χ1n) is 53.9. The van der Waals surface area contributed by atoms with Gasteiger partial charge < -0.3 is 18.1 Å². The Kier molecular flexibility index (Phi) is 49.0. The van der Waals surface area contributed by atoms with Gasteiger partial charge in [0.1, 0.15) is 11.5 Å². The van der Waals surface area contributed by atoms with E-state index >= 15 is 0 Å². The lowest BCUT2D eigenvalue weighted by Crippen LogP contribution is -2.39. The summed E-state index contributed by atoms with van der Waals surface area (Å²) < 4.78 is 12.1. The van der Waals surface area contributed by atoms with Crippen molar-refractivity contribution >= 4 is 22.1 Å². The molecule has 5 aromatic heterocycles. The minimum Gasteiger partial charge on any atom is -0.466 e. The molecule has 3 saturated carbocycles. The summed E-state index contributed by atoms with van der Waals surface area (Å²) in [6, 6.07) is 0. The van der Waals surface area contributed by atoms with Crippen molar-refractivity contribution in [1.82, 2.24) is 13.7 Å². The van der Waals surface area contributed by atoms with Gasteiger partial charge in [-0.05, 0) is 636 Å². The van der Waals surface area contributed by atoms with Crippen LogP contribution in [0.15, 0.2) is 4.42 Å². The Morgan fingerprint density at radius 1 is 0.130 bits per heavy atom. The van der Waals surface area contributed by atoms with Crippen molar-refractivity contribution in [2.45, 2.75) is 443 Å². The van der Waals surface area contributed by atoms with Gasteiger partial charge in [-0.3, -0.25) is 0 Å². The van der Waals surface area contributed by atoms with E-state index in [0.717, 1.165) is 118 Å². The van der Waals surface area contributed by atoms with E-state index in [1.807, 2.05) is 25.2 Å². The summed E-state index contributed by atoms with van der Waals surface area (Å²) in [5, 5.41) is 2.97. The zero-order valence-electron chi connectivity index (χ0n) is 104. The summed E-state index contributed by atoms with van der Waals surface area (Å²) in [5.41, 5.74) is 60.2. The lowest BCUT2D eigenvalue weighted by atomic mass is 9.60. The van der Waals surface area contributed by atoms with E-state index < -0.39 is 0 Å². The summed E-state index contributed by atoms with van der Waals surface area (Å²) in [4.78, 5) is 2.93. The molecule has 0 saturated heterocycles. The van der Waals surface area contributed by atoms with E-state index in [2.05, 4.69) is 464 Å². The molecule has 778 valence electrons. The Balaban J connectivity index is 0.000000511. The molecule has 5 aromatic carbocycles. The molecule has 0 unspecified atom stereocenters. The van der Waals surface area contributed by atoms with Gasteiger partial charge in [0, 0.05) is 65.1 Å². The van der Waals surface area contributed by atoms with Gasteiger partial charge in [0.05, 0.1) is 0 Å². The molecule has 0 aliphatic heterocycles. The predicted octanol–water partition coefficient (Wildman–Crippen LogP) is 39.6. The average molecular weight is 1910 g/mol. The van der Waals surface area contributed by atoms with Crippen molar-refractivity contribution in [3.8, 4) is 0 Å². The highest BCUT2D eigenvalue weighted by molar-refractivity contribution is 7.12. The van der Waals surface area contributed by atoms with E-state index in [0.29, 0.717) is 0 Å². The zero-order valence-corrected chi connectivity index (χ0v) is 104. The van der Waals surface area contributed by atoms with Crippen LogP contribution in [0.5, 0.6) is 0 Å². The fraction of sp³-hybridized carbons (Fsp3) is 0.639. The van der Waals surface area contributed by atoms with E-state index in [1.165, 1.54) is 255 Å². The zero-order chi connectivity index (χ0) is 108. The van der Waals surface area contributed by atoms with Crippen LogP contribution in [-0.2, 0) is 21.1 Å². The number of rotatable bonds is 0. The third-order valence-corrected chi connectivity index (χ3v) is 43.2. The second kappa shape index (κ2) is 53.1. The maximum Gasteiger partial charge on any atom is 0.104 e. The van der Waals surface area contributed by atoms with Crippen LogP contribution in [-0.4, -0.2) is 13.7 Å². The molecular formula is C133H219N3OS. The third kappa shape index (κ3) is 28.4. The van der Waals surface area contributed by atoms with Gasteiger partial charge in [-0.15, -0.1) is 11.3 Å². The SMILES string of the molecule is CC1C(C)C(C)C(C)C(C)C1C.CC1C(C)C(C)C(C)C(C)C1C.CC1C(C)C(C)C(C)C(C)C1C.Cc1c(C)c(C)c(C)c(C)c1C.Cc1c(C)c(C)c(C)c(C)c1C.Cc1c(C)c(C)c(C)c(C)c1C.Cc1c(C)c(C)c2c(C)c(C)c(C)c(C)c2c1C.Cc1c(C)c(C)n(C)c1C.Cc1c(C)c(C)n(C)c1C.Cc1c(C)c(C)n(C)c1C.Cc1oc(C)c(C)c1C.Cc1sc(C)c(C)c1C. The predicted molar refractivity (Wildman–Crippen MR) is 625 cm³/mol. The number of nitrogens with zero attached hydrogens (tertiary/aromatic N) is 3. The monoisotopic (exact) mass is 1910 g/mol. The van der Waals surface area contributed by atoms with Crippen LogP contribution in [0.1, 0.15) is 380 Å². The lowest BCUT2D eigenvalue weighted by Gasteiger charge is -2.45. The second-order valence-corrected chi connectivity index (χ2v) is 47.8. The van der Waals surface area contributed by atoms with Crippen molar-refractivity contribution in [2.24, 2.45) is 128 Å². The van der Waals surface area contributed by atoms with Gasteiger partial charge in [-0.25, -0.2) is 0 Å². The summed E-state index contributed by atoms with van der Waals surface area (Å²) >= 11 is 1.90. The molecule has 0 spiro atoms. The van der Waals surface area contributed by atoms with Gasteiger partial charge in [-0.2, -0.15) is 0 Å². The molecule has 5 heteroatoms. The number of hydrogen-bond acceptors (Lipinski definition) is 2. The maximum atomic E-state index is 5.34. The van der Waals surface area contributed by atoms with Gasteiger partial charge in [0.2, 0.25) is 0 Å². The van der Waals surface area contributed by atoms with Crippen LogP contribution in [0.25, 0.3) is 10.8 Å². The smallest absolute Gasteiger partial charge is 0.104 e. The summed E-state index contributed by atoms with van der Waals surface area (Å²) in [5.74, 6) is 18.4. The molecule has 0 amide bonds. The number of aromatic nitrogens is 3. The van der Waals surface area contributed by atoms with Crippen LogP contribution < -0.4 is 0 Å². The first-order chi connectivity index (χ1) is 63.0. The van der Waals surface area contributed by atoms with Crippen LogP contribution in [0.3, 0.4) is 0 Å². The van der Waals surface area contributed by atoms with Crippen molar-refractivity contribution in [3.05, 3.63) is 256 Å². The topological polar surface area (TPSA) is 27.9 Å². The Morgan fingerprint density at radius 2 is 0.225 bits per heavy atom. The second-order valence-electron chi connectivity index (χ2n) is 46.3. The minimum absolute atomic E-state index is 0.909. The fourth-order valence-electron chi connectivity index (χ4n) is 22.6. The summed E-state index contributed by atoms with van der Waals surface area (Å²) in [6.45, 7) is 144. The molecule has 0 N–H and O–H groups in total. The molecule has 0 atom stereocenters. The number of hydrogen-bond donors (Lipinski definition) is 0. The highest BCUT2D eigenvalue weighted by Gasteiger charge is 2.41. The molecule has 4 nitrogen and oxygen atoms in total. The van der Waals surface area contributed by atoms with Crippen molar-refractivity contribution < 1.29 is 4.42 Å². The van der Waals surface area contributed by atoms with Gasteiger partial charge >= 0.3 is 0 Å². The van der Waals surface area contributed by atoms with Crippen LogP contribution >= 0.6 is 11.3 Å². The Labute approximate surface area is 860 Å².